The van der Waals surface area contributed by atoms with Gasteiger partial charge >= 0.3 is 7.12 Å². The predicted octanol–water partition coefficient (Wildman–Crippen LogP) is 6.30. The van der Waals surface area contributed by atoms with Crippen molar-refractivity contribution in [2.75, 3.05) is 0 Å². The molecule has 0 bridgehead atoms. The number of thiophene rings is 1. The van der Waals surface area contributed by atoms with Crippen molar-refractivity contribution in [3.8, 4) is 5.69 Å². The van der Waals surface area contributed by atoms with Gasteiger partial charge in [-0.1, -0.05) is 48.5 Å². The Kier molecular flexibility index (Phi) is 3.98. The topological polar surface area (TPSA) is 23.4 Å². The molecule has 0 unspecified atom stereocenters. The SMILES string of the molecule is CC1(C)OB(c2ccc3c(c2)c2c4ccccc4sc2n3-c2ccccc2)OC1(C)C. The average molecular weight is 425 g/mol. The molecular formula is C26H24BNO2S. The molecule has 1 saturated heterocycles. The summed E-state index contributed by atoms with van der Waals surface area (Å²) in [4.78, 5) is 1.27. The first-order valence-electron chi connectivity index (χ1n) is 10.7. The van der Waals surface area contributed by atoms with Gasteiger partial charge < -0.3 is 13.9 Å². The zero-order chi connectivity index (χ0) is 21.4. The minimum absolute atomic E-state index is 0.354. The van der Waals surface area contributed by atoms with Gasteiger partial charge in [0.05, 0.1) is 16.7 Å². The molecule has 6 rings (SSSR count). The van der Waals surface area contributed by atoms with Crippen LogP contribution in [0.25, 0.3) is 36.9 Å². The molecule has 3 aromatic carbocycles. The molecule has 2 aromatic heterocycles. The summed E-state index contributed by atoms with van der Waals surface area (Å²) in [6.07, 6.45) is 0. The van der Waals surface area contributed by atoms with Crippen LogP contribution in [0.1, 0.15) is 27.7 Å². The first-order valence-corrected chi connectivity index (χ1v) is 11.5. The van der Waals surface area contributed by atoms with Crippen LogP contribution in [0.3, 0.4) is 0 Å². The van der Waals surface area contributed by atoms with Crippen LogP contribution in [-0.4, -0.2) is 22.9 Å². The Morgan fingerprint density at radius 3 is 2.19 bits per heavy atom. The molecule has 0 saturated carbocycles. The van der Waals surface area contributed by atoms with Gasteiger partial charge in [0.2, 0.25) is 0 Å². The summed E-state index contributed by atoms with van der Waals surface area (Å²) in [5.41, 5.74) is 2.74. The lowest BCUT2D eigenvalue weighted by molar-refractivity contribution is 0.00578. The highest BCUT2D eigenvalue weighted by atomic mass is 32.1. The number of benzene rings is 3. The Morgan fingerprint density at radius 2 is 1.45 bits per heavy atom. The minimum Gasteiger partial charge on any atom is -0.399 e. The average Bonchev–Trinajstić information content (AvgIpc) is 3.34. The summed E-state index contributed by atoms with van der Waals surface area (Å²) < 4.78 is 16.4. The summed E-state index contributed by atoms with van der Waals surface area (Å²) in [7, 11) is -0.366. The van der Waals surface area contributed by atoms with Crippen LogP contribution in [0.5, 0.6) is 0 Å². The highest BCUT2D eigenvalue weighted by Crippen LogP contribution is 2.42. The summed E-state index contributed by atoms with van der Waals surface area (Å²) in [6.45, 7) is 8.40. The first kappa shape index (κ1) is 19.1. The van der Waals surface area contributed by atoms with E-state index in [1.54, 1.807) is 0 Å². The fourth-order valence-electron chi connectivity index (χ4n) is 4.47. The molecular weight excluding hydrogens is 401 g/mol. The number of hydrogen-bond donors (Lipinski definition) is 0. The zero-order valence-corrected chi connectivity index (χ0v) is 19.0. The van der Waals surface area contributed by atoms with E-state index in [0.717, 1.165) is 5.46 Å². The van der Waals surface area contributed by atoms with Gasteiger partial charge in [0.15, 0.2) is 0 Å². The molecule has 0 N–H and O–H groups in total. The predicted molar refractivity (Wildman–Crippen MR) is 132 cm³/mol. The molecule has 0 amide bonds. The molecule has 0 atom stereocenters. The summed E-state index contributed by atoms with van der Waals surface area (Å²) in [6, 6.07) is 25.9. The van der Waals surface area contributed by atoms with Crippen LogP contribution in [0, 0.1) is 0 Å². The van der Waals surface area contributed by atoms with E-state index < -0.39 is 0 Å². The normalized spacial score (nSPS) is 17.9. The number of para-hydroxylation sites is 1. The lowest BCUT2D eigenvalue weighted by Crippen LogP contribution is -2.41. The maximum absolute atomic E-state index is 6.35. The molecule has 3 heterocycles. The molecule has 154 valence electrons. The van der Waals surface area contributed by atoms with E-state index in [-0.39, 0.29) is 18.3 Å². The monoisotopic (exact) mass is 425 g/mol. The minimum atomic E-state index is -0.366. The van der Waals surface area contributed by atoms with Gasteiger partial charge in [0.25, 0.3) is 0 Å². The lowest BCUT2D eigenvalue weighted by Gasteiger charge is -2.32. The quantitative estimate of drug-likeness (QED) is 0.310. The van der Waals surface area contributed by atoms with Crippen LogP contribution in [0.4, 0.5) is 0 Å². The van der Waals surface area contributed by atoms with Crippen LogP contribution < -0.4 is 5.46 Å². The zero-order valence-electron chi connectivity index (χ0n) is 18.2. The Morgan fingerprint density at radius 1 is 0.774 bits per heavy atom. The fraction of sp³-hybridized carbons (Fsp3) is 0.231. The molecule has 0 spiro atoms. The number of fused-ring (bicyclic) bond motifs is 5. The molecule has 0 aliphatic carbocycles. The maximum atomic E-state index is 6.35. The van der Waals surface area contributed by atoms with E-state index in [1.807, 2.05) is 11.3 Å². The second-order valence-corrected chi connectivity index (χ2v) is 10.3. The summed E-state index contributed by atoms with van der Waals surface area (Å²) in [5.74, 6) is 0. The van der Waals surface area contributed by atoms with Gasteiger partial charge in [0, 0.05) is 26.5 Å². The first-order chi connectivity index (χ1) is 14.9. The van der Waals surface area contributed by atoms with Crippen molar-refractivity contribution < 1.29 is 9.31 Å². The van der Waals surface area contributed by atoms with E-state index >= 15 is 0 Å². The third-order valence-corrected chi connectivity index (χ3v) is 8.01. The summed E-state index contributed by atoms with van der Waals surface area (Å²) in [5, 5.41) is 3.84. The molecule has 1 aliphatic rings. The smallest absolute Gasteiger partial charge is 0.399 e. The van der Waals surface area contributed by atoms with Crippen LogP contribution in [0.2, 0.25) is 0 Å². The maximum Gasteiger partial charge on any atom is 0.494 e. The Bertz CT molecular complexity index is 1430. The van der Waals surface area contributed by atoms with Crippen molar-refractivity contribution in [3.05, 3.63) is 72.8 Å². The van der Waals surface area contributed by atoms with Gasteiger partial charge in [-0.3, -0.25) is 0 Å². The van der Waals surface area contributed by atoms with Gasteiger partial charge in [-0.2, -0.15) is 0 Å². The highest BCUT2D eigenvalue weighted by molar-refractivity contribution is 7.25. The van der Waals surface area contributed by atoms with E-state index in [9.17, 15) is 0 Å². The van der Waals surface area contributed by atoms with Gasteiger partial charge in [-0.25, -0.2) is 0 Å². The Balaban J connectivity index is 1.64. The number of aromatic nitrogens is 1. The van der Waals surface area contributed by atoms with Crippen molar-refractivity contribution in [1.82, 2.24) is 4.57 Å². The second kappa shape index (κ2) is 6.46. The third-order valence-electron chi connectivity index (χ3n) is 6.85. The van der Waals surface area contributed by atoms with Crippen molar-refractivity contribution in [1.29, 1.82) is 0 Å². The van der Waals surface area contributed by atoms with Gasteiger partial charge in [-0.05, 0) is 57.4 Å². The molecule has 5 aromatic rings. The molecule has 1 fully saturated rings. The van der Waals surface area contributed by atoms with Gasteiger partial charge in [-0.15, -0.1) is 11.3 Å². The van der Waals surface area contributed by atoms with Crippen LogP contribution in [0.15, 0.2) is 72.8 Å². The van der Waals surface area contributed by atoms with E-state index in [0.29, 0.717) is 0 Å². The van der Waals surface area contributed by atoms with Crippen molar-refractivity contribution in [2.45, 2.75) is 38.9 Å². The fourth-order valence-corrected chi connectivity index (χ4v) is 5.72. The Labute approximate surface area is 186 Å². The highest BCUT2D eigenvalue weighted by Gasteiger charge is 2.51. The van der Waals surface area contributed by atoms with E-state index in [4.69, 9.17) is 9.31 Å². The molecule has 5 heteroatoms. The van der Waals surface area contributed by atoms with Crippen molar-refractivity contribution in [2.24, 2.45) is 0 Å². The van der Waals surface area contributed by atoms with Gasteiger partial charge in [0.1, 0.15) is 4.83 Å². The van der Waals surface area contributed by atoms with Crippen molar-refractivity contribution >= 4 is 55.1 Å². The molecule has 3 nitrogen and oxygen atoms in total. The second-order valence-electron chi connectivity index (χ2n) is 9.31. The van der Waals surface area contributed by atoms with E-state index in [2.05, 4.69) is 105 Å². The number of rotatable bonds is 2. The van der Waals surface area contributed by atoms with Crippen molar-refractivity contribution in [3.63, 3.8) is 0 Å². The molecule has 0 radical (unpaired) electrons. The number of hydrogen-bond acceptors (Lipinski definition) is 3. The molecule has 1 aliphatic heterocycles. The lowest BCUT2D eigenvalue weighted by atomic mass is 9.78. The third kappa shape index (κ3) is 2.74. The number of nitrogens with zero attached hydrogens (tertiary/aromatic N) is 1. The Hall–Kier alpha value is -2.60. The van der Waals surface area contributed by atoms with Crippen LogP contribution >= 0.6 is 11.3 Å². The van der Waals surface area contributed by atoms with Crippen LogP contribution in [-0.2, 0) is 9.31 Å². The summed E-state index contributed by atoms with van der Waals surface area (Å²) >= 11 is 1.85. The van der Waals surface area contributed by atoms with E-state index in [1.165, 1.54) is 36.9 Å². The standard InChI is InChI=1S/C26H24BNO2S/c1-25(2)26(3,4)30-27(29-25)17-14-15-21-20(16-17)23-19-12-8-9-13-22(19)31-24(23)28(21)18-10-6-5-7-11-18/h5-16H,1-4H3. The largest absolute Gasteiger partial charge is 0.494 e. The molecule has 31 heavy (non-hydrogen) atoms.